The average Bonchev–Trinajstić information content (AvgIpc) is 2.77. The molecule has 2 aliphatic carbocycles. The van der Waals surface area contributed by atoms with Crippen molar-refractivity contribution >= 4 is 5.78 Å². The van der Waals surface area contributed by atoms with Crippen molar-refractivity contribution in [1.82, 2.24) is 0 Å². The number of hydrogen-bond donors (Lipinski definition) is 0. The first-order chi connectivity index (χ1) is 14.9. The van der Waals surface area contributed by atoms with Crippen molar-refractivity contribution in [1.29, 1.82) is 0 Å². The van der Waals surface area contributed by atoms with Gasteiger partial charge in [-0.3, -0.25) is 4.79 Å². The normalized spacial score (nSPS) is 23.0. The van der Waals surface area contributed by atoms with Gasteiger partial charge in [0.15, 0.2) is 0 Å². The second-order valence-corrected chi connectivity index (χ2v) is 9.53. The largest absolute Gasteiger partial charge is 0.429 e. The van der Waals surface area contributed by atoms with E-state index in [9.17, 15) is 13.6 Å². The smallest absolute Gasteiger partial charge is 0.426 e. The highest BCUT2D eigenvalue weighted by Crippen LogP contribution is 2.36. The molecule has 166 valence electrons. The van der Waals surface area contributed by atoms with Crippen LogP contribution in [0.2, 0.25) is 0 Å². The van der Waals surface area contributed by atoms with E-state index in [1.54, 1.807) is 12.1 Å². The molecule has 31 heavy (non-hydrogen) atoms. The van der Waals surface area contributed by atoms with Gasteiger partial charge in [-0.05, 0) is 85.3 Å². The number of Topliss-reactive ketones (excluding diaryl/α,β-unsaturated/α-hetero) is 1. The molecule has 0 aliphatic heterocycles. The number of alkyl halides is 2. The SMILES string of the molecule is CC1CCC(Cc2ccc(C(F)(F)Oc3ccc(C4CCC(=O)CC4)cc3)cc2)CC1. The van der Waals surface area contributed by atoms with E-state index >= 15 is 0 Å². The van der Waals surface area contributed by atoms with Crippen molar-refractivity contribution < 1.29 is 18.3 Å². The Hall–Kier alpha value is -2.23. The van der Waals surface area contributed by atoms with Crippen LogP contribution in [0.25, 0.3) is 0 Å². The van der Waals surface area contributed by atoms with Crippen LogP contribution in [0, 0.1) is 11.8 Å². The summed E-state index contributed by atoms with van der Waals surface area (Å²) in [5.41, 5.74) is 2.09. The van der Waals surface area contributed by atoms with Crippen molar-refractivity contribution in [2.45, 2.75) is 76.7 Å². The zero-order valence-corrected chi connectivity index (χ0v) is 18.3. The Bertz CT molecular complexity index is 855. The predicted molar refractivity (Wildman–Crippen MR) is 118 cm³/mol. The minimum Gasteiger partial charge on any atom is -0.429 e. The molecule has 2 nitrogen and oxygen atoms in total. The quantitative estimate of drug-likeness (QED) is 0.481. The first-order valence-electron chi connectivity index (χ1n) is 11.7. The number of halogens is 2. The van der Waals surface area contributed by atoms with Crippen molar-refractivity contribution in [3.05, 3.63) is 65.2 Å². The van der Waals surface area contributed by atoms with E-state index in [2.05, 4.69) is 6.92 Å². The Labute approximate surface area is 184 Å². The van der Waals surface area contributed by atoms with Gasteiger partial charge in [-0.2, -0.15) is 8.78 Å². The highest BCUT2D eigenvalue weighted by molar-refractivity contribution is 5.79. The molecule has 2 aromatic rings. The number of benzene rings is 2. The van der Waals surface area contributed by atoms with Crippen molar-refractivity contribution in [2.75, 3.05) is 0 Å². The van der Waals surface area contributed by atoms with E-state index in [0.29, 0.717) is 30.5 Å². The van der Waals surface area contributed by atoms with E-state index in [1.807, 2.05) is 24.3 Å². The molecule has 0 aromatic heterocycles. The minimum absolute atomic E-state index is 0.122. The molecule has 2 aliphatic rings. The first kappa shape index (κ1) is 22.0. The monoisotopic (exact) mass is 426 g/mol. The number of ether oxygens (including phenoxy) is 1. The van der Waals surface area contributed by atoms with Crippen molar-refractivity contribution in [3.8, 4) is 5.75 Å². The standard InChI is InChI=1S/C27H32F2O2/c1-19-2-4-20(5-3-19)18-21-6-12-24(13-7-21)27(28,29)31-26-16-10-23(11-17-26)22-8-14-25(30)15-9-22/h6-7,10-13,16-17,19-20,22H,2-5,8-9,14-15,18H2,1H3. The van der Waals surface area contributed by atoms with Gasteiger partial charge in [-0.15, -0.1) is 0 Å². The zero-order chi connectivity index (χ0) is 21.8. The highest BCUT2D eigenvalue weighted by Gasteiger charge is 2.34. The number of carbonyl (C=O) groups is 1. The van der Waals surface area contributed by atoms with Gasteiger partial charge in [-0.25, -0.2) is 0 Å². The molecule has 0 unspecified atom stereocenters. The number of rotatable bonds is 6. The summed E-state index contributed by atoms with van der Waals surface area (Å²) in [5.74, 6) is 2.28. The maximum Gasteiger partial charge on any atom is 0.426 e. The summed E-state index contributed by atoms with van der Waals surface area (Å²) in [6, 6.07) is 13.5. The summed E-state index contributed by atoms with van der Waals surface area (Å²) >= 11 is 0. The van der Waals surface area contributed by atoms with Crippen LogP contribution in [0.15, 0.2) is 48.5 Å². The molecule has 0 radical (unpaired) electrons. The number of hydrogen-bond acceptors (Lipinski definition) is 2. The lowest BCUT2D eigenvalue weighted by atomic mass is 9.80. The van der Waals surface area contributed by atoms with Crippen LogP contribution in [0.4, 0.5) is 8.78 Å². The lowest BCUT2D eigenvalue weighted by Crippen LogP contribution is -2.22. The Morgan fingerprint density at radius 3 is 2.10 bits per heavy atom. The Morgan fingerprint density at radius 1 is 0.871 bits per heavy atom. The highest BCUT2D eigenvalue weighted by atomic mass is 19.3. The number of ketones is 1. The molecule has 0 bridgehead atoms. The van der Waals surface area contributed by atoms with Gasteiger partial charge in [0.05, 0.1) is 5.56 Å². The Morgan fingerprint density at radius 2 is 1.48 bits per heavy atom. The van der Waals surface area contributed by atoms with Crippen LogP contribution < -0.4 is 4.74 Å². The van der Waals surface area contributed by atoms with E-state index < -0.39 is 6.11 Å². The lowest BCUT2D eigenvalue weighted by molar-refractivity contribution is -0.185. The van der Waals surface area contributed by atoms with Gasteiger partial charge in [0.2, 0.25) is 0 Å². The second-order valence-electron chi connectivity index (χ2n) is 9.53. The van der Waals surface area contributed by atoms with Crippen LogP contribution in [-0.2, 0) is 17.3 Å². The van der Waals surface area contributed by atoms with E-state index in [-0.39, 0.29) is 11.3 Å². The van der Waals surface area contributed by atoms with Gasteiger partial charge in [0.25, 0.3) is 0 Å². The summed E-state index contributed by atoms with van der Waals surface area (Å²) in [5, 5.41) is 0. The van der Waals surface area contributed by atoms with Crippen LogP contribution in [0.1, 0.15) is 80.9 Å². The molecule has 4 heteroatoms. The molecule has 0 atom stereocenters. The molecular weight excluding hydrogens is 394 g/mol. The maximum atomic E-state index is 14.7. The molecular formula is C27H32F2O2. The van der Waals surface area contributed by atoms with E-state index in [4.69, 9.17) is 4.74 Å². The third-order valence-electron chi connectivity index (χ3n) is 7.09. The molecule has 0 saturated heterocycles. The summed E-state index contributed by atoms with van der Waals surface area (Å²) in [4.78, 5) is 11.4. The van der Waals surface area contributed by atoms with Gasteiger partial charge in [-0.1, -0.05) is 44.0 Å². The fraction of sp³-hybridized carbons (Fsp3) is 0.519. The van der Waals surface area contributed by atoms with Gasteiger partial charge < -0.3 is 4.74 Å². The number of carbonyl (C=O) groups excluding carboxylic acids is 1. The molecule has 0 spiro atoms. The summed E-state index contributed by atoms with van der Waals surface area (Å²) < 4.78 is 34.5. The summed E-state index contributed by atoms with van der Waals surface area (Å²) in [6.07, 6.45) is 5.48. The minimum atomic E-state index is -3.38. The van der Waals surface area contributed by atoms with Gasteiger partial charge in [0.1, 0.15) is 11.5 Å². The molecule has 2 saturated carbocycles. The molecule has 2 fully saturated rings. The van der Waals surface area contributed by atoms with Crippen LogP contribution in [-0.4, -0.2) is 5.78 Å². The molecule has 0 amide bonds. The fourth-order valence-corrected chi connectivity index (χ4v) is 4.99. The topological polar surface area (TPSA) is 26.3 Å². The van der Waals surface area contributed by atoms with Gasteiger partial charge >= 0.3 is 6.11 Å². The Balaban J connectivity index is 1.35. The summed E-state index contributed by atoms with van der Waals surface area (Å²) in [6.45, 7) is 2.30. The predicted octanol–water partition coefficient (Wildman–Crippen LogP) is 7.41. The van der Waals surface area contributed by atoms with Crippen LogP contribution in [0.3, 0.4) is 0 Å². The first-order valence-corrected chi connectivity index (χ1v) is 11.7. The van der Waals surface area contributed by atoms with E-state index in [1.165, 1.54) is 37.8 Å². The third kappa shape index (κ3) is 5.72. The van der Waals surface area contributed by atoms with Crippen molar-refractivity contribution in [2.24, 2.45) is 11.8 Å². The fourth-order valence-electron chi connectivity index (χ4n) is 4.99. The molecule has 0 heterocycles. The van der Waals surface area contributed by atoms with Crippen LogP contribution in [0.5, 0.6) is 5.75 Å². The van der Waals surface area contributed by atoms with Crippen LogP contribution >= 0.6 is 0 Å². The molecule has 2 aromatic carbocycles. The van der Waals surface area contributed by atoms with E-state index in [0.717, 1.165) is 36.3 Å². The van der Waals surface area contributed by atoms with Gasteiger partial charge in [0, 0.05) is 12.8 Å². The Kier molecular flexibility index (Phi) is 6.74. The maximum absolute atomic E-state index is 14.7. The molecule has 0 N–H and O–H groups in total. The lowest BCUT2D eigenvalue weighted by Gasteiger charge is -2.26. The van der Waals surface area contributed by atoms with Crippen molar-refractivity contribution in [3.63, 3.8) is 0 Å². The molecule has 4 rings (SSSR count). The summed E-state index contributed by atoms with van der Waals surface area (Å²) in [7, 11) is 0. The average molecular weight is 427 g/mol. The second kappa shape index (κ2) is 9.50. The zero-order valence-electron chi connectivity index (χ0n) is 18.3. The third-order valence-corrected chi connectivity index (χ3v) is 7.09.